The first-order valence-corrected chi connectivity index (χ1v) is 10.2. The maximum Gasteiger partial charge on any atom is 0.344 e. The maximum absolute atomic E-state index is 13.0. The number of allylic oxidation sites excluding steroid dienone is 1. The summed E-state index contributed by atoms with van der Waals surface area (Å²) in [6.07, 6.45) is 4.95. The predicted molar refractivity (Wildman–Crippen MR) is 114 cm³/mol. The molecule has 31 heavy (non-hydrogen) atoms. The summed E-state index contributed by atoms with van der Waals surface area (Å²) >= 11 is 5.85. The Morgan fingerprint density at radius 3 is 2.97 bits per heavy atom. The lowest BCUT2D eigenvalue weighted by Crippen LogP contribution is -2.16. The molecule has 3 rings (SSSR count). The minimum atomic E-state index is -0.626. The Balaban J connectivity index is 1.49. The van der Waals surface area contributed by atoms with Crippen LogP contribution in [-0.2, 0) is 22.7 Å². The first-order valence-electron chi connectivity index (χ1n) is 9.79. The van der Waals surface area contributed by atoms with Crippen LogP contribution in [-0.4, -0.2) is 39.0 Å². The Hall–Kier alpha value is -3.07. The van der Waals surface area contributed by atoms with E-state index in [2.05, 4.69) is 22.2 Å². The SMILES string of the molecule is CCC1CC(=N)C(Cn2cc(COC(=O)COc3ccc(F)cc3Cl)nn2)=CN=C1C. The van der Waals surface area contributed by atoms with Crippen LogP contribution >= 0.6 is 11.6 Å². The molecule has 1 aliphatic rings. The Bertz CT molecular complexity index is 1030. The summed E-state index contributed by atoms with van der Waals surface area (Å²) in [6.45, 7) is 3.98. The van der Waals surface area contributed by atoms with Crippen molar-refractivity contribution in [3.05, 3.63) is 52.7 Å². The van der Waals surface area contributed by atoms with E-state index in [9.17, 15) is 9.18 Å². The Labute approximate surface area is 184 Å². The van der Waals surface area contributed by atoms with Gasteiger partial charge in [0.1, 0.15) is 23.9 Å². The number of halogens is 2. The van der Waals surface area contributed by atoms with Crippen molar-refractivity contribution in [2.45, 2.75) is 39.8 Å². The van der Waals surface area contributed by atoms with Gasteiger partial charge < -0.3 is 14.9 Å². The van der Waals surface area contributed by atoms with Crippen LogP contribution < -0.4 is 4.74 Å². The van der Waals surface area contributed by atoms with Gasteiger partial charge in [0.25, 0.3) is 0 Å². The molecule has 1 aromatic carbocycles. The molecule has 1 unspecified atom stereocenters. The quantitative estimate of drug-likeness (QED) is 0.616. The summed E-state index contributed by atoms with van der Waals surface area (Å²) in [5.41, 5.74) is 2.79. The number of ether oxygens (including phenoxy) is 2. The summed E-state index contributed by atoms with van der Waals surface area (Å²) in [4.78, 5) is 16.4. The van der Waals surface area contributed by atoms with Crippen LogP contribution in [0.3, 0.4) is 0 Å². The second kappa shape index (κ2) is 10.3. The minimum absolute atomic E-state index is 0.0684. The zero-order valence-electron chi connectivity index (χ0n) is 17.3. The number of aromatic nitrogens is 3. The van der Waals surface area contributed by atoms with E-state index < -0.39 is 11.8 Å². The van der Waals surface area contributed by atoms with Gasteiger partial charge in [-0.15, -0.1) is 5.10 Å². The lowest BCUT2D eigenvalue weighted by Gasteiger charge is -2.13. The highest BCUT2D eigenvalue weighted by atomic mass is 35.5. The van der Waals surface area contributed by atoms with Crippen LogP contribution in [0.5, 0.6) is 5.75 Å². The van der Waals surface area contributed by atoms with E-state index in [1.54, 1.807) is 17.1 Å². The highest BCUT2D eigenvalue weighted by molar-refractivity contribution is 6.32. The number of nitrogens with one attached hydrogen (secondary N) is 1. The van der Waals surface area contributed by atoms with Gasteiger partial charge in [-0.05, 0) is 38.0 Å². The zero-order valence-corrected chi connectivity index (χ0v) is 18.0. The van der Waals surface area contributed by atoms with Crippen molar-refractivity contribution in [3.8, 4) is 5.75 Å². The smallest absolute Gasteiger partial charge is 0.344 e. The fraction of sp³-hybridized carbons (Fsp3) is 0.381. The van der Waals surface area contributed by atoms with Crippen molar-refractivity contribution in [2.24, 2.45) is 10.9 Å². The third-order valence-corrected chi connectivity index (χ3v) is 5.18. The van der Waals surface area contributed by atoms with Gasteiger partial charge in [-0.3, -0.25) is 4.99 Å². The molecule has 1 N–H and O–H groups in total. The number of aliphatic imine (C=N–C) groups is 1. The highest BCUT2D eigenvalue weighted by Gasteiger charge is 2.19. The van der Waals surface area contributed by atoms with Crippen LogP contribution in [0.1, 0.15) is 32.4 Å². The first-order chi connectivity index (χ1) is 14.9. The lowest BCUT2D eigenvalue weighted by atomic mass is 9.93. The summed E-state index contributed by atoms with van der Waals surface area (Å²) in [7, 11) is 0. The van der Waals surface area contributed by atoms with Gasteiger partial charge in [-0.25, -0.2) is 13.9 Å². The molecule has 10 heteroatoms. The topological polar surface area (TPSA) is 102 Å². The molecule has 1 atom stereocenters. The molecular weight excluding hydrogens is 425 g/mol. The number of nitrogens with zero attached hydrogens (tertiary/aromatic N) is 4. The van der Waals surface area contributed by atoms with Crippen LogP contribution in [0.15, 0.2) is 41.2 Å². The van der Waals surface area contributed by atoms with E-state index in [-0.39, 0.29) is 29.9 Å². The van der Waals surface area contributed by atoms with Gasteiger partial charge in [-0.1, -0.05) is 23.7 Å². The van der Waals surface area contributed by atoms with Crippen molar-refractivity contribution in [2.75, 3.05) is 6.61 Å². The van der Waals surface area contributed by atoms with Crippen LogP contribution in [0.25, 0.3) is 0 Å². The fourth-order valence-corrected chi connectivity index (χ4v) is 3.27. The molecule has 0 spiro atoms. The normalized spacial score (nSPS) is 16.4. The molecule has 2 heterocycles. The van der Waals surface area contributed by atoms with Crippen molar-refractivity contribution in [1.82, 2.24) is 15.0 Å². The summed E-state index contributed by atoms with van der Waals surface area (Å²) in [5, 5.41) is 16.4. The fourth-order valence-electron chi connectivity index (χ4n) is 3.05. The van der Waals surface area contributed by atoms with Crippen molar-refractivity contribution in [3.63, 3.8) is 0 Å². The van der Waals surface area contributed by atoms with E-state index in [1.807, 2.05) is 6.92 Å². The molecule has 1 aliphatic heterocycles. The Kier molecular flexibility index (Phi) is 7.51. The maximum atomic E-state index is 13.0. The first kappa shape index (κ1) is 22.6. The summed E-state index contributed by atoms with van der Waals surface area (Å²) in [6, 6.07) is 3.62. The molecule has 0 saturated carbocycles. The van der Waals surface area contributed by atoms with E-state index in [0.29, 0.717) is 24.4 Å². The molecule has 164 valence electrons. The van der Waals surface area contributed by atoms with Gasteiger partial charge in [0.05, 0.1) is 17.8 Å². The summed E-state index contributed by atoms with van der Waals surface area (Å²) in [5.74, 6) is -0.657. The van der Waals surface area contributed by atoms with Gasteiger partial charge in [0, 0.05) is 29.1 Å². The average molecular weight is 448 g/mol. The van der Waals surface area contributed by atoms with Crippen LogP contribution in [0.2, 0.25) is 5.02 Å². The molecule has 0 radical (unpaired) electrons. The molecule has 0 aliphatic carbocycles. The third-order valence-electron chi connectivity index (χ3n) is 4.88. The molecule has 0 bridgehead atoms. The number of carbonyl (C=O) groups is 1. The largest absolute Gasteiger partial charge is 0.480 e. The van der Waals surface area contributed by atoms with E-state index >= 15 is 0 Å². The van der Waals surface area contributed by atoms with Crippen molar-refractivity contribution < 1.29 is 18.7 Å². The lowest BCUT2D eigenvalue weighted by molar-refractivity contribution is -0.147. The third kappa shape index (κ3) is 6.21. The Morgan fingerprint density at radius 2 is 2.23 bits per heavy atom. The number of esters is 1. The second-order valence-corrected chi connectivity index (χ2v) is 7.55. The standard InChI is InChI=1S/C21H23ClFN5O3/c1-3-14-6-19(24)15(8-25-13(14)2)9-28-10-17(26-27-28)11-31-21(29)12-30-20-5-4-16(23)7-18(20)22/h4-5,7-8,10,14,24H,3,6,9,11-12H2,1-2H3. The number of hydrogen-bond acceptors (Lipinski definition) is 7. The monoisotopic (exact) mass is 447 g/mol. The molecule has 0 saturated heterocycles. The molecule has 0 fully saturated rings. The van der Waals surface area contributed by atoms with Gasteiger partial charge in [0.15, 0.2) is 6.61 Å². The molecule has 2 aromatic rings. The van der Waals surface area contributed by atoms with Crippen molar-refractivity contribution >= 4 is 29.0 Å². The Morgan fingerprint density at radius 1 is 1.42 bits per heavy atom. The molecule has 0 amide bonds. The van der Waals surface area contributed by atoms with Gasteiger partial charge in [-0.2, -0.15) is 0 Å². The number of hydrogen-bond donors (Lipinski definition) is 1. The van der Waals surface area contributed by atoms with Gasteiger partial charge >= 0.3 is 5.97 Å². The van der Waals surface area contributed by atoms with Crippen LogP contribution in [0.4, 0.5) is 4.39 Å². The van der Waals surface area contributed by atoms with Gasteiger partial charge in [0.2, 0.25) is 0 Å². The number of rotatable bonds is 8. The van der Waals surface area contributed by atoms with Crippen LogP contribution in [0, 0.1) is 17.1 Å². The number of carbonyl (C=O) groups excluding carboxylic acids is 1. The highest BCUT2D eigenvalue weighted by Crippen LogP contribution is 2.24. The average Bonchev–Trinajstić information content (AvgIpc) is 3.14. The van der Waals surface area contributed by atoms with E-state index in [1.165, 1.54) is 12.1 Å². The number of benzene rings is 1. The molecule has 1 aromatic heterocycles. The zero-order chi connectivity index (χ0) is 22.4. The van der Waals surface area contributed by atoms with E-state index in [4.69, 9.17) is 26.5 Å². The predicted octanol–water partition coefficient (Wildman–Crippen LogP) is 3.99. The minimum Gasteiger partial charge on any atom is -0.480 e. The van der Waals surface area contributed by atoms with E-state index in [0.717, 1.165) is 23.8 Å². The van der Waals surface area contributed by atoms with Crippen molar-refractivity contribution in [1.29, 1.82) is 5.41 Å². The molecular formula is C21H23ClFN5O3. The second-order valence-electron chi connectivity index (χ2n) is 7.14. The molecule has 8 nitrogen and oxygen atoms in total. The summed E-state index contributed by atoms with van der Waals surface area (Å²) < 4.78 is 25.0.